The Hall–Kier alpha value is -3.76. The number of anilines is 4. The van der Waals surface area contributed by atoms with Gasteiger partial charge in [-0.25, -0.2) is 19.3 Å². The number of piperazine rings is 1. The number of rotatable bonds is 8. The van der Waals surface area contributed by atoms with Crippen LogP contribution in [0.2, 0.25) is 0 Å². The largest absolute Gasteiger partial charge is 0.497 e. The Bertz CT molecular complexity index is 1530. The Kier molecular flexibility index (Phi) is 8.02. The molecule has 2 saturated heterocycles. The molecule has 2 aliphatic heterocycles. The van der Waals surface area contributed by atoms with Crippen LogP contribution in [0.15, 0.2) is 48.7 Å². The molecule has 0 spiro atoms. The average Bonchev–Trinajstić information content (AvgIpc) is 3.41. The molecule has 41 heavy (non-hydrogen) atoms. The summed E-state index contributed by atoms with van der Waals surface area (Å²) in [4.78, 5) is 19.8. The maximum atomic E-state index is 15.4. The number of ether oxygens (including phenoxy) is 1. The molecule has 0 radical (unpaired) electrons. The van der Waals surface area contributed by atoms with E-state index in [1.807, 2.05) is 44.2 Å². The Balaban J connectivity index is 1.25. The Morgan fingerprint density at radius 2 is 1.98 bits per heavy atom. The molecule has 0 aliphatic carbocycles. The molecule has 2 aromatic carbocycles. The van der Waals surface area contributed by atoms with Crippen molar-refractivity contribution in [2.75, 3.05) is 55.4 Å². The first-order valence-electron chi connectivity index (χ1n) is 14.3. The quantitative estimate of drug-likeness (QED) is 0.245. The topological polar surface area (TPSA) is 78.4 Å². The van der Waals surface area contributed by atoms with Gasteiger partial charge in [0.2, 0.25) is 5.95 Å². The fourth-order valence-corrected chi connectivity index (χ4v) is 6.83. The molecule has 8 nitrogen and oxygen atoms in total. The van der Waals surface area contributed by atoms with E-state index < -0.39 is 0 Å². The molecule has 0 amide bonds. The van der Waals surface area contributed by atoms with Crippen molar-refractivity contribution in [1.29, 1.82) is 0 Å². The number of methoxy groups -OCH3 is 1. The number of hydrogen-bond acceptors (Lipinski definition) is 9. The number of benzene rings is 2. The number of aryl methyl sites for hydroxylation is 1. The van der Waals surface area contributed by atoms with E-state index in [9.17, 15) is 0 Å². The van der Waals surface area contributed by atoms with Crippen LogP contribution in [0.1, 0.15) is 31.7 Å². The van der Waals surface area contributed by atoms with Gasteiger partial charge < -0.3 is 20.3 Å². The van der Waals surface area contributed by atoms with Crippen molar-refractivity contribution in [3.05, 3.63) is 60.0 Å². The van der Waals surface area contributed by atoms with E-state index in [1.54, 1.807) is 30.7 Å². The number of nitrogens with one attached hydrogen (secondary N) is 2. The highest BCUT2D eigenvalue weighted by molar-refractivity contribution is 7.19. The average molecular weight is 574 g/mol. The van der Waals surface area contributed by atoms with Gasteiger partial charge in [0.15, 0.2) is 5.13 Å². The van der Waals surface area contributed by atoms with Gasteiger partial charge in [0.1, 0.15) is 11.6 Å². The molecule has 1 atom stereocenters. The lowest BCUT2D eigenvalue weighted by Gasteiger charge is -2.45. The predicted molar refractivity (Wildman–Crippen MR) is 165 cm³/mol. The Morgan fingerprint density at radius 3 is 2.80 bits per heavy atom. The van der Waals surface area contributed by atoms with Crippen molar-refractivity contribution >= 4 is 33.8 Å². The van der Waals surface area contributed by atoms with Gasteiger partial charge in [-0.15, -0.1) is 0 Å². The molecule has 2 fully saturated rings. The highest BCUT2D eigenvalue weighted by Gasteiger charge is 2.30. The molecule has 4 aromatic rings. The summed E-state index contributed by atoms with van der Waals surface area (Å²) < 4.78 is 20.9. The third-order valence-electron chi connectivity index (χ3n) is 7.79. The van der Waals surface area contributed by atoms with E-state index in [2.05, 4.69) is 31.5 Å². The molecule has 2 aliphatic rings. The van der Waals surface area contributed by atoms with Crippen LogP contribution in [-0.4, -0.2) is 65.7 Å². The second-order valence-electron chi connectivity index (χ2n) is 10.7. The molecular weight excluding hydrogens is 537 g/mol. The predicted octanol–water partition coefficient (Wildman–Crippen LogP) is 6.57. The van der Waals surface area contributed by atoms with Gasteiger partial charge in [0.05, 0.1) is 29.1 Å². The normalized spacial score (nSPS) is 17.3. The van der Waals surface area contributed by atoms with E-state index in [0.29, 0.717) is 23.4 Å². The summed E-state index contributed by atoms with van der Waals surface area (Å²) in [6.07, 6.45) is 5.45. The standard InChI is InChI=1S/C31H36FN7OS/c1-4-33-31-37-28(21-15-20(2)16-24(17-21)40-3)29(41-31)26-10-11-34-30(36-26)35-22-8-9-27(25(32)18-22)39-14-13-38-12-6-5-7-23(38)19-39/h8-11,15-18,23H,4-7,12-14,19H2,1-3H3,(H,33,37)(H,34,35,36). The zero-order valence-electron chi connectivity index (χ0n) is 23.8. The number of hydrogen-bond donors (Lipinski definition) is 2. The van der Waals surface area contributed by atoms with E-state index >= 15 is 4.39 Å². The van der Waals surface area contributed by atoms with Crippen LogP contribution in [0, 0.1) is 12.7 Å². The summed E-state index contributed by atoms with van der Waals surface area (Å²) in [5.74, 6) is 0.945. The molecule has 1 unspecified atom stereocenters. The second-order valence-corrected chi connectivity index (χ2v) is 11.7. The minimum Gasteiger partial charge on any atom is -0.497 e. The van der Waals surface area contributed by atoms with Crippen molar-refractivity contribution in [3.8, 4) is 27.6 Å². The van der Waals surface area contributed by atoms with Crippen LogP contribution in [0.3, 0.4) is 0 Å². The highest BCUT2D eigenvalue weighted by Crippen LogP contribution is 2.40. The first-order valence-corrected chi connectivity index (χ1v) is 15.1. The molecule has 2 N–H and O–H groups in total. The van der Waals surface area contributed by atoms with Crippen molar-refractivity contribution < 1.29 is 9.13 Å². The summed E-state index contributed by atoms with van der Waals surface area (Å²) in [5.41, 5.74) is 4.87. The number of halogens is 1. The van der Waals surface area contributed by atoms with Crippen molar-refractivity contribution in [2.45, 2.75) is 39.2 Å². The number of aromatic nitrogens is 3. The van der Waals surface area contributed by atoms with Gasteiger partial charge >= 0.3 is 0 Å². The minimum absolute atomic E-state index is 0.233. The van der Waals surface area contributed by atoms with Gasteiger partial charge in [-0.3, -0.25) is 4.90 Å². The fraction of sp³-hybridized carbons (Fsp3) is 0.387. The van der Waals surface area contributed by atoms with Crippen LogP contribution in [-0.2, 0) is 0 Å². The Morgan fingerprint density at radius 1 is 1.07 bits per heavy atom. The monoisotopic (exact) mass is 573 g/mol. The summed E-state index contributed by atoms with van der Waals surface area (Å²) in [5, 5.41) is 7.35. The summed E-state index contributed by atoms with van der Waals surface area (Å²) in [6, 6.07) is 13.8. The lowest BCUT2D eigenvalue weighted by Crippen LogP contribution is -2.55. The van der Waals surface area contributed by atoms with Crippen LogP contribution >= 0.6 is 11.3 Å². The van der Waals surface area contributed by atoms with Crippen LogP contribution in [0.4, 0.5) is 26.8 Å². The van der Waals surface area contributed by atoms with Gasteiger partial charge in [0, 0.05) is 49.7 Å². The Labute approximate surface area is 244 Å². The molecule has 214 valence electrons. The summed E-state index contributed by atoms with van der Waals surface area (Å²) >= 11 is 1.54. The zero-order valence-corrected chi connectivity index (χ0v) is 24.6. The zero-order chi connectivity index (χ0) is 28.3. The van der Waals surface area contributed by atoms with Gasteiger partial charge in [-0.2, -0.15) is 0 Å². The van der Waals surface area contributed by atoms with Crippen LogP contribution in [0.5, 0.6) is 5.75 Å². The molecule has 10 heteroatoms. The van der Waals surface area contributed by atoms with E-state index in [-0.39, 0.29) is 5.82 Å². The number of nitrogens with zero attached hydrogens (tertiary/aromatic N) is 5. The van der Waals surface area contributed by atoms with E-state index in [1.165, 1.54) is 25.8 Å². The number of piperidine rings is 1. The summed E-state index contributed by atoms with van der Waals surface area (Å²) in [6.45, 7) is 8.74. The molecule has 2 aromatic heterocycles. The van der Waals surface area contributed by atoms with Gasteiger partial charge in [-0.1, -0.05) is 17.8 Å². The lowest BCUT2D eigenvalue weighted by atomic mass is 9.99. The molecule has 6 rings (SSSR count). The van der Waals surface area contributed by atoms with Crippen molar-refractivity contribution in [3.63, 3.8) is 0 Å². The third kappa shape index (κ3) is 5.99. The van der Waals surface area contributed by atoms with Crippen molar-refractivity contribution in [2.24, 2.45) is 0 Å². The molecule has 0 bridgehead atoms. The van der Waals surface area contributed by atoms with Crippen LogP contribution < -0.4 is 20.3 Å². The minimum atomic E-state index is -0.233. The molecule has 4 heterocycles. The van der Waals surface area contributed by atoms with Gasteiger partial charge in [0.25, 0.3) is 0 Å². The van der Waals surface area contributed by atoms with Crippen LogP contribution in [0.25, 0.3) is 21.8 Å². The number of fused-ring (bicyclic) bond motifs is 1. The first kappa shape index (κ1) is 27.4. The SMILES string of the molecule is CCNc1nc(-c2cc(C)cc(OC)c2)c(-c2ccnc(Nc3ccc(N4CCN5CCCCC5C4)c(F)c3)n2)s1. The lowest BCUT2D eigenvalue weighted by molar-refractivity contribution is 0.133. The fourth-order valence-electron chi connectivity index (χ4n) is 5.81. The van der Waals surface area contributed by atoms with E-state index in [4.69, 9.17) is 14.7 Å². The molecular formula is C31H36FN7OS. The maximum absolute atomic E-state index is 15.4. The highest BCUT2D eigenvalue weighted by atomic mass is 32.1. The first-order chi connectivity index (χ1) is 20.0. The number of thiazole rings is 1. The summed E-state index contributed by atoms with van der Waals surface area (Å²) in [7, 11) is 1.67. The smallest absolute Gasteiger partial charge is 0.227 e. The molecule has 0 saturated carbocycles. The second kappa shape index (κ2) is 12.0. The van der Waals surface area contributed by atoms with Gasteiger partial charge in [-0.05, 0) is 81.3 Å². The maximum Gasteiger partial charge on any atom is 0.227 e. The van der Waals surface area contributed by atoms with E-state index in [0.717, 1.165) is 64.5 Å². The van der Waals surface area contributed by atoms with Crippen molar-refractivity contribution in [1.82, 2.24) is 19.9 Å². The third-order valence-corrected chi connectivity index (χ3v) is 8.82.